The standard InChI is InChI=1S/C13H16F3N7OS/c1-8-7-9(21(2)20-8)17-11(24)22-3-5-23(6-4-22)12-19-18-10(25-12)13(14,15)16/h7H,3-6H2,1-2H3,(H,17,24). The van der Waals surface area contributed by atoms with Crippen LogP contribution in [0.5, 0.6) is 0 Å². The number of alkyl halides is 3. The fraction of sp³-hybridized carbons (Fsp3) is 0.538. The Morgan fingerprint density at radius 1 is 1.24 bits per heavy atom. The van der Waals surface area contributed by atoms with Gasteiger partial charge in [-0.25, -0.2) is 4.79 Å². The topological polar surface area (TPSA) is 79.2 Å². The van der Waals surface area contributed by atoms with Gasteiger partial charge < -0.3 is 9.80 Å². The van der Waals surface area contributed by atoms with E-state index in [-0.39, 0.29) is 11.2 Å². The van der Waals surface area contributed by atoms with Gasteiger partial charge >= 0.3 is 12.2 Å². The zero-order chi connectivity index (χ0) is 18.2. The Bertz CT molecular complexity index is 764. The lowest BCUT2D eigenvalue weighted by atomic mass is 10.3. The molecule has 0 aromatic carbocycles. The van der Waals surface area contributed by atoms with Gasteiger partial charge in [-0.2, -0.15) is 18.3 Å². The minimum Gasteiger partial charge on any atom is -0.343 e. The molecule has 3 heterocycles. The number of carbonyl (C=O) groups is 1. The number of amides is 2. The molecule has 0 atom stereocenters. The molecule has 12 heteroatoms. The number of nitrogens with zero attached hydrogens (tertiary/aromatic N) is 6. The summed E-state index contributed by atoms with van der Waals surface area (Å²) in [5, 5.41) is 13.0. The minimum atomic E-state index is -4.49. The Morgan fingerprint density at radius 3 is 2.44 bits per heavy atom. The lowest BCUT2D eigenvalue weighted by Gasteiger charge is -2.34. The Balaban J connectivity index is 1.57. The monoisotopic (exact) mass is 375 g/mol. The maximum absolute atomic E-state index is 12.6. The Hall–Kier alpha value is -2.37. The zero-order valence-electron chi connectivity index (χ0n) is 13.5. The molecule has 25 heavy (non-hydrogen) atoms. The van der Waals surface area contributed by atoms with Crippen molar-refractivity contribution in [2.24, 2.45) is 7.05 Å². The number of hydrogen-bond acceptors (Lipinski definition) is 6. The summed E-state index contributed by atoms with van der Waals surface area (Å²) in [6.45, 7) is 3.37. The van der Waals surface area contributed by atoms with Gasteiger partial charge in [-0.05, 0) is 6.92 Å². The second-order valence-corrected chi connectivity index (χ2v) is 6.54. The van der Waals surface area contributed by atoms with Crippen molar-refractivity contribution < 1.29 is 18.0 Å². The van der Waals surface area contributed by atoms with E-state index < -0.39 is 11.2 Å². The van der Waals surface area contributed by atoms with Crippen LogP contribution in [0.25, 0.3) is 0 Å². The first-order valence-corrected chi connectivity index (χ1v) is 8.28. The maximum atomic E-state index is 12.6. The van der Waals surface area contributed by atoms with Gasteiger partial charge in [0.2, 0.25) is 10.1 Å². The van der Waals surface area contributed by atoms with Crippen LogP contribution in [-0.4, -0.2) is 57.1 Å². The highest BCUT2D eigenvalue weighted by molar-refractivity contribution is 7.15. The SMILES string of the molecule is Cc1cc(NC(=O)N2CCN(c3nnc(C(F)(F)F)s3)CC2)n(C)n1. The average Bonchev–Trinajstić information content (AvgIpc) is 3.14. The number of rotatable bonds is 2. The predicted octanol–water partition coefficient (Wildman–Crippen LogP) is 1.95. The number of hydrogen-bond donors (Lipinski definition) is 1. The van der Waals surface area contributed by atoms with Gasteiger partial charge in [-0.15, -0.1) is 10.2 Å². The van der Waals surface area contributed by atoms with Crippen molar-refractivity contribution in [3.05, 3.63) is 16.8 Å². The first-order chi connectivity index (χ1) is 11.7. The number of aryl methyl sites for hydroxylation is 2. The second kappa shape index (κ2) is 6.50. The van der Waals surface area contributed by atoms with Gasteiger partial charge in [-0.1, -0.05) is 11.3 Å². The lowest BCUT2D eigenvalue weighted by molar-refractivity contribution is -0.138. The molecule has 0 spiro atoms. The normalized spacial score (nSPS) is 15.6. The second-order valence-electron chi connectivity index (χ2n) is 5.59. The molecular formula is C13H16F3N7OS. The molecule has 1 aliphatic heterocycles. The number of anilines is 2. The molecule has 1 aliphatic rings. The van der Waals surface area contributed by atoms with Gasteiger partial charge in [0.05, 0.1) is 5.69 Å². The summed E-state index contributed by atoms with van der Waals surface area (Å²) in [6.07, 6.45) is -4.49. The highest BCUT2D eigenvalue weighted by atomic mass is 32.1. The lowest BCUT2D eigenvalue weighted by Crippen LogP contribution is -2.50. The third-order valence-corrected chi connectivity index (χ3v) is 4.76. The smallest absolute Gasteiger partial charge is 0.343 e. The highest BCUT2D eigenvalue weighted by Gasteiger charge is 2.36. The molecular weight excluding hydrogens is 359 g/mol. The molecule has 0 bridgehead atoms. The van der Waals surface area contributed by atoms with Crippen LogP contribution in [0.2, 0.25) is 0 Å². The summed E-state index contributed by atoms with van der Waals surface area (Å²) in [4.78, 5) is 15.6. The molecule has 2 aromatic heterocycles. The predicted molar refractivity (Wildman–Crippen MR) is 85.7 cm³/mol. The van der Waals surface area contributed by atoms with E-state index in [2.05, 4.69) is 20.6 Å². The first kappa shape index (κ1) is 17.5. The van der Waals surface area contributed by atoms with Crippen molar-refractivity contribution in [2.75, 3.05) is 36.4 Å². The summed E-state index contributed by atoms with van der Waals surface area (Å²) in [5.74, 6) is 0.587. The number of nitrogens with one attached hydrogen (secondary N) is 1. The fourth-order valence-electron chi connectivity index (χ4n) is 2.47. The molecule has 0 radical (unpaired) electrons. The molecule has 3 rings (SSSR count). The van der Waals surface area contributed by atoms with Crippen molar-refractivity contribution in [3.63, 3.8) is 0 Å². The molecule has 1 N–H and O–H groups in total. The van der Waals surface area contributed by atoms with Gasteiger partial charge in [0.15, 0.2) is 0 Å². The van der Waals surface area contributed by atoms with Crippen LogP contribution in [0.15, 0.2) is 6.07 Å². The fourth-order valence-corrected chi connectivity index (χ4v) is 3.24. The van der Waals surface area contributed by atoms with Crippen LogP contribution in [-0.2, 0) is 13.2 Å². The molecule has 1 saturated heterocycles. The maximum Gasteiger partial charge on any atom is 0.445 e. The largest absolute Gasteiger partial charge is 0.445 e. The quantitative estimate of drug-likeness (QED) is 0.868. The van der Waals surface area contributed by atoms with Gasteiger partial charge in [0.1, 0.15) is 5.82 Å². The molecule has 0 saturated carbocycles. The Kier molecular flexibility index (Phi) is 4.54. The van der Waals surface area contributed by atoms with Crippen LogP contribution in [0.3, 0.4) is 0 Å². The highest BCUT2D eigenvalue weighted by Crippen LogP contribution is 2.34. The average molecular weight is 375 g/mol. The van der Waals surface area contributed by atoms with E-state index in [0.717, 1.165) is 5.69 Å². The molecule has 0 aliphatic carbocycles. The summed E-state index contributed by atoms with van der Waals surface area (Å²) < 4.78 is 39.4. The van der Waals surface area contributed by atoms with Crippen molar-refractivity contribution in [2.45, 2.75) is 13.1 Å². The number of aromatic nitrogens is 4. The van der Waals surface area contributed by atoms with Crippen LogP contribution in [0.4, 0.5) is 28.9 Å². The summed E-state index contributed by atoms with van der Waals surface area (Å²) in [7, 11) is 1.73. The van der Waals surface area contributed by atoms with E-state index in [1.165, 1.54) is 0 Å². The van der Waals surface area contributed by atoms with Gasteiger partial charge in [-0.3, -0.25) is 10.00 Å². The zero-order valence-corrected chi connectivity index (χ0v) is 14.4. The molecule has 2 aromatic rings. The summed E-state index contributed by atoms with van der Waals surface area (Å²) >= 11 is 0.511. The summed E-state index contributed by atoms with van der Waals surface area (Å²) in [5.41, 5.74) is 0.791. The van der Waals surface area contributed by atoms with Crippen molar-refractivity contribution in [1.29, 1.82) is 0 Å². The van der Waals surface area contributed by atoms with Crippen molar-refractivity contribution >= 4 is 28.3 Å². The van der Waals surface area contributed by atoms with E-state index in [1.54, 1.807) is 27.6 Å². The minimum absolute atomic E-state index is 0.217. The molecule has 136 valence electrons. The third-order valence-electron chi connectivity index (χ3n) is 3.73. The summed E-state index contributed by atoms with van der Waals surface area (Å²) in [6, 6.07) is 1.49. The Labute approximate surface area is 145 Å². The number of carbonyl (C=O) groups excluding carboxylic acids is 1. The van der Waals surface area contributed by atoms with E-state index in [4.69, 9.17) is 0 Å². The Morgan fingerprint density at radius 2 is 1.92 bits per heavy atom. The van der Waals surface area contributed by atoms with Crippen LogP contribution in [0, 0.1) is 6.92 Å². The van der Waals surface area contributed by atoms with Crippen LogP contribution >= 0.6 is 11.3 Å². The van der Waals surface area contributed by atoms with E-state index in [9.17, 15) is 18.0 Å². The van der Waals surface area contributed by atoms with Gasteiger partial charge in [0.25, 0.3) is 0 Å². The molecule has 1 fully saturated rings. The molecule has 0 unspecified atom stereocenters. The first-order valence-electron chi connectivity index (χ1n) is 7.46. The van der Waals surface area contributed by atoms with E-state index in [1.807, 2.05) is 6.92 Å². The van der Waals surface area contributed by atoms with E-state index in [0.29, 0.717) is 43.3 Å². The molecule has 8 nitrogen and oxygen atoms in total. The van der Waals surface area contributed by atoms with Crippen molar-refractivity contribution in [1.82, 2.24) is 24.9 Å². The van der Waals surface area contributed by atoms with Crippen LogP contribution < -0.4 is 10.2 Å². The number of halogens is 3. The molecule has 2 amide bonds. The number of urea groups is 1. The number of piperazine rings is 1. The van der Waals surface area contributed by atoms with Crippen LogP contribution in [0.1, 0.15) is 10.7 Å². The van der Waals surface area contributed by atoms with Crippen molar-refractivity contribution in [3.8, 4) is 0 Å². The van der Waals surface area contributed by atoms with E-state index >= 15 is 0 Å². The van der Waals surface area contributed by atoms with Gasteiger partial charge in [0, 0.05) is 39.3 Å². The third kappa shape index (κ3) is 3.83.